The van der Waals surface area contributed by atoms with E-state index in [0.717, 1.165) is 43.7 Å². The van der Waals surface area contributed by atoms with Crippen molar-refractivity contribution in [1.82, 2.24) is 9.88 Å². The summed E-state index contributed by atoms with van der Waals surface area (Å²) in [5.41, 5.74) is 1.15. The highest BCUT2D eigenvalue weighted by Gasteiger charge is 2.22. The van der Waals surface area contributed by atoms with Crippen LogP contribution in [0.1, 0.15) is 37.8 Å². The van der Waals surface area contributed by atoms with Crippen molar-refractivity contribution in [2.24, 2.45) is 0 Å². The number of pyridine rings is 1. The lowest BCUT2D eigenvalue weighted by molar-refractivity contribution is -0.121. The molecule has 4 nitrogen and oxygen atoms in total. The molecule has 0 aliphatic carbocycles. The number of aromatic nitrogens is 1. The fraction of sp³-hybridized carbons (Fsp3) is 0.571. The third-order valence-electron chi connectivity index (χ3n) is 3.70. The zero-order chi connectivity index (χ0) is 13.0. The molecule has 2 heterocycles. The quantitative estimate of drug-likeness (QED) is 0.765. The SMILES string of the molecule is CCN(C)c1ccc([C@H]2CCCCN2C=O)cn1. The molecule has 0 radical (unpaired) electrons. The van der Waals surface area contributed by atoms with E-state index < -0.39 is 0 Å². The number of nitrogens with zero attached hydrogens (tertiary/aromatic N) is 3. The maximum Gasteiger partial charge on any atom is 0.210 e. The first-order chi connectivity index (χ1) is 8.76. The van der Waals surface area contributed by atoms with Crippen LogP contribution in [-0.2, 0) is 4.79 Å². The summed E-state index contributed by atoms with van der Waals surface area (Å²) >= 11 is 0. The van der Waals surface area contributed by atoms with Crippen molar-refractivity contribution >= 4 is 12.2 Å². The van der Waals surface area contributed by atoms with Crippen molar-refractivity contribution in [2.75, 3.05) is 25.0 Å². The highest BCUT2D eigenvalue weighted by Crippen LogP contribution is 2.29. The number of carbonyl (C=O) groups excluding carboxylic acids is 1. The molecular formula is C14H21N3O. The third kappa shape index (κ3) is 2.63. The van der Waals surface area contributed by atoms with E-state index >= 15 is 0 Å². The van der Waals surface area contributed by atoms with Gasteiger partial charge in [-0.1, -0.05) is 6.07 Å². The van der Waals surface area contributed by atoms with E-state index in [1.807, 2.05) is 24.2 Å². The van der Waals surface area contributed by atoms with E-state index in [0.29, 0.717) is 0 Å². The van der Waals surface area contributed by atoms with Gasteiger partial charge in [-0.05, 0) is 37.8 Å². The van der Waals surface area contributed by atoms with Gasteiger partial charge < -0.3 is 9.80 Å². The minimum Gasteiger partial charge on any atom is -0.360 e. The van der Waals surface area contributed by atoms with Crippen LogP contribution in [0.15, 0.2) is 18.3 Å². The molecule has 1 aromatic heterocycles. The number of likely N-dealkylation sites (tertiary alicyclic amines) is 1. The Morgan fingerprint density at radius 2 is 2.33 bits per heavy atom. The lowest BCUT2D eigenvalue weighted by Gasteiger charge is -2.33. The van der Waals surface area contributed by atoms with Gasteiger partial charge in [0.15, 0.2) is 0 Å². The van der Waals surface area contributed by atoms with Gasteiger partial charge in [-0.25, -0.2) is 4.98 Å². The summed E-state index contributed by atoms with van der Waals surface area (Å²) in [6.07, 6.45) is 6.22. The van der Waals surface area contributed by atoms with Gasteiger partial charge in [0.05, 0.1) is 6.04 Å². The molecule has 0 N–H and O–H groups in total. The van der Waals surface area contributed by atoms with E-state index in [9.17, 15) is 4.79 Å². The molecule has 4 heteroatoms. The number of hydrogen-bond acceptors (Lipinski definition) is 3. The standard InChI is InChI=1S/C14H21N3O/c1-3-16(2)14-8-7-12(10-15-14)13-6-4-5-9-17(13)11-18/h7-8,10-11,13H,3-6,9H2,1-2H3/t13-/m1/s1. The number of amides is 1. The van der Waals surface area contributed by atoms with Crippen LogP contribution in [0.5, 0.6) is 0 Å². The van der Waals surface area contributed by atoms with E-state index in [-0.39, 0.29) is 6.04 Å². The Morgan fingerprint density at radius 3 is 2.94 bits per heavy atom. The molecule has 0 saturated carbocycles. The van der Waals surface area contributed by atoms with Crippen LogP contribution in [0, 0.1) is 0 Å². The maximum atomic E-state index is 11.1. The third-order valence-corrected chi connectivity index (χ3v) is 3.70. The molecule has 1 atom stereocenters. The van der Waals surface area contributed by atoms with Crippen LogP contribution >= 0.6 is 0 Å². The number of hydrogen-bond donors (Lipinski definition) is 0. The molecule has 1 saturated heterocycles. The maximum absolute atomic E-state index is 11.1. The van der Waals surface area contributed by atoms with Crippen molar-refractivity contribution in [3.8, 4) is 0 Å². The second-order valence-corrected chi connectivity index (χ2v) is 4.82. The number of carbonyl (C=O) groups is 1. The second-order valence-electron chi connectivity index (χ2n) is 4.82. The van der Waals surface area contributed by atoms with Gasteiger partial charge in [0, 0.05) is 26.3 Å². The van der Waals surface area contributed by atoms with Gasteiger partial charge in [-0.3, -0.25) is 4.79 Å². The van der Waals surface area contributed by atoms with E-state index in [1.54, 1.807) is 0 Å². The van der Waals surface area contributed by atoms with Gasteiger partial charge in [0.25, 0.3) is 0 Å². The highest BCUT2D eigenvalue weighted by molar-refractivity contribution is 5.49. The van der Waals surface area contributed by atoms with Crippen molar-refractivity contribution in [3.05, 3.63) is 23.9 Å². The molecule has 18 heavy (non-hydrogen) atoms. The highest BCUT2D eigenvalue weighted by atomic mass is 16.1. The summed E-state index contributed by atoms with van der Waals surface area (Å²) in [5, 5.41) is 0. The summed E-state index contributed by atoms with van der Waals surface area (Å²) in [4.78, 5) is 19.5. The summed E-state index contributed by atoms with van der Waals surface area (Å²) in [7, 11) is 2.03. The molecule has 1 fully saturated rings. The van der Waals surface area contributed by atoms with Crippen LogP contribution < -0.4 is 4.90 Å². The zero-order valence-corrected chi connectivity index (χ0v) is 11.2. The largest absolute Gasteiger partial charge is 0.360 e. The smallest absolute Gasteiger partial charge is 0.210 e. The van der Waals surface area contributed by atoms with Gasteiger partial charge >= 0.3 is 0 Å². The number of rotatable bonds is 4. The summed E-state index contributed by atoms with van der Waals surface area (Å²) in [5.74, 6) is 0.981. The summed E-state index contributed by atoms with van der Waals surface area (Å²) in [6, 6.07) is 4.35. The van der Waals surface area contributed by atoms with Crippen LogP contribution in [-0.4, -0.2) is 36.4 Å². The van der Waals surface area contributed by atoms with Crippen molar-refractivity contribution in [3.63, 3.8) is 0 Å². The van der Waals surface area contributed by atoms with Crippen LogP contribution in [0.25, 0.3) is 0 Å². The predicted octanol–water partition coefficient (Wildman–Crippen LogP) is 2.22. The molecular weight excluding hydrogens is 226 g/mol. The monoisotopic (exact) mass is 247 g/mol. The molecule has 0 spiro atoms. The Bertz CT molecular complexity index is 391. The van der Waals surface area contributed by atoms with Gasteiger partial charge in [0.2, 0.25) is 6.41 Å². The average Bonchev–Trinajstić information content (AvgIpc) is 2.46. The van der Waals surface area contributed by atoms with Crippen molar-refractivity contribution in [2.45, 2.75) is 32.2 Å². The first-order valence-electron chi connectivity index (χ1n) is 6.64. The van der Waals surface area contributed by atoms with E-state index in [4.69, 9.17) is 0 Å². The fourth-order valence-electron chi connectivity index (χ4n) is 2.42. The molecule has 0 bridgehead atoms. The van der Waals surface area contributed by atoms with Crippen LogP contribution in [0.3, 0.4) is 0 Å². The second kappa shape index (κ2) is 5.85. The van der Waals surface area contributed by atoms with Gasteiger partial charge in [-0.15, -0.1) is 0 Å². The number of anilines is 1. The molecule has 1 aliphatic heterocycles. The molecule has 1 aromatic rings. The van der Waals surface area contributed by atoms with Gasteiger partial charge in [0.1, 0.15) is 5.82 Å². The Kier molecular flexibility index (Phi) is 4.18. The minimum atomic E-state index is 0.213. The average molecular weight is 247 g/mol. The molecule has 1 aliphatic rings. The topological polar surface area (TPSA) is 36.4 Å². The Morgan fingerprint density at radius 1 is 1.50 bits per heavy atom. The Labute approximate surface area is 109 Å². The Balaban J connectivity index is 2.15. The van der Waals surface area contributed by atoms with Crippen molar-refractivity contribution < 1.29 is 4.79 Å². The Hall–Kier alpha value is -1.58. The fourth-order valence-corrected chi connectivity index (χ4v) is 2.42. The minimum absolute atomic E-state index is 0.213. The summed E-state index contributed by atoms with van der Waals surface area (Å²) < 4.78 is 0. The zero-order valence-electron chi connectivity index (χ0n) is 11.2. The normalized spacial score (nSPS) is 19.7. The van der Waals surface area contributed by atoms with E-state index in [2.05, 4.69) is 22.9 Å². The summed E-state index contributed by atoms with van der Waals surface area (Å²) in [6.45, 7) is 3.91. The lowest BCUT2D eigenvalue weighted by atomic mass is 9.97. The van der Waals surface area contributed by atoms with Crippen LogP contribution in [0.4, 0.5) is 5.82 Å². The van der Waals surface area contributed by atoms with E-state index in [1.165, 1.54) is 6.42 Å². The van der Waals surface area contributed by atoms with Gasteiger partial charge in [-0.2, -0.15) is 0 Å². The predicted molar refractivity (Wildman–Crippen MR) is 72.5 cm³/mol. The first-order valence-corrected chi connectivity index (χ1v) is 6.64. The molecule has 0 aromatic carbocycles. The van der Waals surface area contributed by atoms with Crippen LogP contribution in [0.2, 0.25) is 0 Å². The molecule has 0 unspecified atom stereocenters. The first kappa shape index (κ1) is 12.9. The van der Waals surface area contributed by atoms with Crippen molar-refractivity contribution in [1.29, 1.82) is 0 Å². The molecule has 1 amide bonds. The molecule has 98 valence electrons. The number of piperidine rings is 1. The lowest BCUT2D eigenvalue weighted by Crippen LogP contribution is -2.32. The molecule has 2 rings (SSSR count).